The Morgan fingerprint density at radius 2 is 1.72 bits per heavy atom. The van der Waals surface area contributed by atoms with E-state index in [0.29, 0.717) is 10.7 Å². The predicted molar refractivity (Wildman–Crippen MR) is 120 cm³/mol. The van der Waals surface area contributed by atoms with E-state index in [-0.39, 0.29) is 0 Å². The molecular formula is C22H26N4O2S. The Morgan fingerprint density at radius 3 is 2.41 bits per heavy atom. The van der Waals surface area contributed by atoms with Gasteiger partial charge in [-0.05, 0) is 63.0 Å². The summed E-state index contributed by atoms with van der Waals surface area (Å²) in [6.45, 7) is 1.83. The van der Waals surface area contributed by atoms with Gasteiger partial charge in [-0.15, -0.1) is 0 Å². The fourth-order valence-electron chi connectivity index (χ4n) is 2.90. The molecule has 29 heavy (non-hydrogen) atoms. The number of fused-ring (bicyclic) bond motifs is 1. The van der Waals surface area contributed by atoms with Gasteiger partial charge in [0.05, 0.1) is 10.4 Å². The van der Waals surface area contributed by atoms with E-state index in [4.69, 9.17) is 0 Å². The molecule has 7 heteroatoms. The van der Waals surface area contributed by atoms with Gasteiger partial charge >= 0.3 is 0 Å². The standard InChI is InChI=1S/C22H26N4O2S/c1-26(2)16-6-15-23-22-19-7-4-5-8-20(19)24-21(25-22)14-11-17-9-12-18(13-10-17)29(3,27)28/h4-5,7-14H,6,15-16H2,1-3H3,(H,23,24,25)/b14-11+. The summed E-state index contributed by atoms with van der Waals surface area (Å²) in [7, 11) is 0.929. The highest BCUT2D eigenvalue weighted by Gasteiger charge is 2.07. The summed E-state index contributed by atoms with van der Waals surface area (Å²) in [6, 6.07) is 14.7. The van der Waals surface area contributed by atoms with Gasteiger partial charge in [0, 0.05) is 18.2 Å². The SMILES string of the molecule is CN(C)CCCNc1nc(/C=C/c2ccc(S(C)(=O)=O)cc2)nc2ccccc12. The van der Waals surface area contributed by atoms with Gasteiger partial charge in [0.15, 0.2) is 15.7 Å². The van der Waals surface area contributed by atoms with Crippen LogP contribution in [0.25, 0.3) is 23.1 Å². The highest BCUT2D eigenvalue weighted by atomic mass is 32.2. The van der Waals surface area contributed by atoms with E-state index in [1.165, 1.54) is 6.26 Å². The van der Waals surface area contributed by atoms with Gasteiger partial charge in [0.1, 0.15) is 5.82 Å². The monoisotopic (exact) mass is 410 g/mol. The van der Waals surface area contributed by atoms with Gasteiger partial charge in [-0.25, -0.2) is 18.4 Å². The molecule has 0 fully saturated rings. The van der Waals surface area contributed by atoms with Gasteiger partial charge in [0.25, 0.3) is 0 Å². The quantitative estimate of drug-likeness (QED) is 0.572. The van der Waals surface area contributed by atoms with Crippen molar-refractivity contribution in [3.63, 3.8) is 0 Å². The number of nitrogens with zero attached hydrogens (tertiary/aromatic N) is 3. The summed E-state index contributed by atoms with van der Waals surface area (Å²) in [4.78, 5) is 11.8. The van der Waals surface area contributed by atoms with Gasteiger partial charge in [-0.3, -0.25) is 0 Å². The normalized spacial score (nSPS) is 12.1. The zero-order valence-corrected chi connectivity index (χ0v) is 17.8. The van der Waals surface area contributed by atoms with Gasteiger partial charge in [0.2, 0.25) is 0 Å². The Balaban J connectivity index is 1.82. The van der Waals surface area contributed by atoms with E-state index in [2.05, 4.69) is 34.3 Å². The number of anilines is 1. The molecule has 0 spiro atoms. The number of benzene rings is 2. The Bertz CT molecular complexity index is 1110. The second-order valence-corrected chi connectivity index (χ2v) is 9.22. The topological polar surface area (TPSA) is 75.2 Å². The van der Waals surface area contributed by atoms with E-state index in [0.717, 1.165) is 41.8 Å². The first-order valence-corrected chi connectivity index (χ1v) is 11.4. The molecule has 0 bridgehead atoms. The highest BCUT2D eigenvalue weighted by molar-refractivity contribution is 7.90. The van der Waals surface area contributed by atoms with E-state index in [1.807, 2.05) is 36.4 Å². The maximum Gasteiger partial charge on any atom is 0.175 e. The second-order valence-electron chi connectivity index (χ2n) is 7.21. The average molecular weight is 411 g/mol. The Kier molecular flexibility index (Phi) is 6.61. The molecule has 0 aliphatic rings. The number of hydrogen-bond donors (Lipinski definition) is 1. The lowest BCUT2D eigenvalue weighted by atomic mass is 10.2. The molecule has 6 nitrogen and oxygen atoms in total. The van der Waals surface area contributed by atoms with Crippen LogP contribution in [0.2, 0.25) is 0 Å². The molecule has 152 valence electrons. The average Bonchev–Trinajstić information content (AvgIpc) is 2.69. The summed E-state index contributed by atoms with van der Waals surface area (Å²) < 4.78 is 23.2. The van der Waals surface area contributed by atoms with Gasteiger partial charge in [-0.2, -0.15) is 0 Å². The fourth-order valence-corrected chi connectivity index (χ4v) is 3.53. The molecule has 1 heterocycles. The van der Waals surface area contributed by atoms with Crippen molar-refractivity contribution in [2.45, 2.75) is 11.3 Å². The van der Waals surface area contributed by atoms with Crippen molar-refractivity contribution in [3.05, 3.63) is 59.9 Å². The summed E-state index contributed by atoms with van der Waals surface area (Å²) >= 11 is 0. The van der Waals surface area contributed by atoms with Gasteiger partial charge in [-0.1, -0.05) is 30.3 Å². The van der Waals surface area contributed by atoms with Crippen molar-refractivity contribution < 1.29 is 8.42 Å². The molecule has 0 atom stereocenters. The molecule has 0 aliphatic carbocycles. The highest BCUT2D eigenvalue weighted by Crippen LogP contribution is 2.21. The lowest BCUT2D eigenvalue weighted by Crippen LogP contribution is -2.16. The molecule has 0 amide bonds. The van der Waals surface area contributed by atoms with Crippen LogP contribution in [0.1, 0.15) is 17.8 Å². The third kappa shape index (κ3) is 5.85. The zero-order chi connectivity index (χ0) is 20.9. The molecule has 3 rings (SSSR count). The van der Waals surface area contributed by atoms with E-state index >= 15 is 0 Å². The van der Waals surface area contributed by atoms with Crippen LogP contribution in [0.15, 0.2) is 53.4 Å². The predicted octanol–water partition coefficient (Wildman–Crippen LogP) is 3.57. The number of hydrogen-bond acceptors (Lipinski definition) is 6. The molecule has 2 aromatic carbocycles. The van der Waals surface area contributed by atoms with Crippen LogP contribution < -0.4 is 5.32 Å². The molecule has 3 aromatic rings. The molecule has 0 radical (unpaired) electrons. The number of nitrogens with one attached hydrogen (secondary N) is 1. The minimum atomic E-state index is -3.19. The first-order chi connectivity index (χ1) is 13.8. The van der Waals surface area contributed by atoms with Crippen LogP contribution in [-0.4, -0.2) is 56.7 Å². The van der Waals surface area contributed by atoms with Crippen LogP contribution >= 0.6 is 0 Å². The van der Waals surface area contributed by atoms with E-state index in [1.54, 1.807) is 24.3 Å². The van der Waals surface area contributed by atoms with Crippen molar-refractivity contribution in [2.75, 3.05) is 38.8 Å². The third-order valence-electron chi connectivity index (χ3n) is 4.43. The van der Waals surface area contributed by atoms with Crippen molar-refractivity contribution in [2.24, 2.45) is 0 Å². The van der Waals surface area contributed by atoms with Crippen molar-refractivity contribution in [3.8, 4) is 0 Å². The molecular weight excluding hydrogens is 384 g/mol. The lowest BCUT2D eigenvalue weighted by Gasteiger charge is -2.12. The maximum absolute atomic E-state index is 11.6. The number of aromatic nitrogens is 2. The second kappa shape index (κ2) is 9.15. The summed E-state index contributed by atoms with van der Waals surface area (Å²) in [5, 5.41) is 4.42. The Labute approximate surface area is 172 Å². The third-order valence-corrected chi connectivity index (χ3v) is 5.56. The van der Waals surface area contributed by atoms with Crippen molar-refractivity contribution in [1.29, 1.82) is 0 Å². The summed E-state index contributed by atoms with van der Waals surface area (Å²) in [5.41, 5.74) is 1.76. The Morgan fingerprint density at radius 1 is 1.00 bits per heavy atom. The first-order valence-electron chi connectivity index (χ1n) is 9.46. The van der Waals surface area contributed by atoms with Crippen LogP contribution in [-0.2, 0) is 9.84 Å². The molecule has 0 saturated carbocycles. The minimum Gasteiger partial charge on any atom is -0.369 e. The number of sulfone groups is 1. The molecule has 1 N–H and O–H groups in total. The lowest BCUT2D eigenvalue weighted by molar-refractivity contribution is 0.405. The van der Waals surface area contributed by atoms with Crippen LogP contribution in [0, 0.1) is 0 Å². The first kappa shape index (κ1) is 21.0. The van der Waals surface area contributed by atoms with E-state index < -0.39 is 9.84 Å². The smallest absolute Gasteiger partial charge is 0.175 e. The van der Waals surface area contributed by atoms with E-state index in [9.17, 15) is 8.42 Å². The van der Waals surface area contributed by atoms with Crippen molar-refractivity contribution in [1.82, 2.24) is 14.9 Å². The molecule has 0 saturated heterocycles. The largest absolute Gasteiger partial charge is 0.369 e. The van der Waals surface area contributed by atoms with Gasteiger partial charge < -0.3 is 10.2 Å². The van der Waals surface area contributed by atoms with Crippen molar-refractivity contribution >= 4 is 38.7 Å². The minimum absolute atomic E-state index is 0.306. The summed E-state index contributed by atoms with van der Waals surface area (Å²) in [5.74, 6) is 1.42. The maximum atomic E-state index is 11.6. The zero-order valence-electron chi connectivity index (χ0n) is 17.0. The molecule has 0 aliphatic heterocycles. The van der Waals surface area contributed by atoms with Crippen LogP contribution in [0.4, 0.5) is 5.82 Å². The Hall–Kier alpha value is -2.77. The number of para-hydroxylation sites is 1. The fraction of sp³-hybridized carbons (Fsp3) is 0.273. The molecule has 1 aromatic heterocycles. The van der Waals surface area contributed by atoms with Crippen LogP contribution in [0.5, 0.6) is 0 Å². The van der Waals surface area contributed by atoms with Crippen LogP contribution in [0.3, 0.4) is 0 Å². The number of rotatable bonds is 8. The summed E-state index contributed by atoms with van der Waals surface area (Å²) in [6.07, 6.45) is 5.94. The molecule has 0 unspecified atom stereocenters.